The predicted octanol–water partition coefficient (Wildman–Crippen LogP) is -0.824. The summed E-state index contributed by atoms with van der Waals surface area (Å²) in [6.07, 6.45) is 7.21. The van der Waals surface area contributed by atoms with E-state index in [0.717, 1.165) is 10.4 Å². The second-order valence-corrected chi connectivity index (χ2v) is 1.91. The molecule has 0 fully saturated rings. The lowest BCUT2D eigenvalue weighted by Gasteiger charge is -1.77. The highest BCUT2D eigenvalue weighted by molar-refractivity contribution is 5.40. The molecule has 0 bridgehead atoms. The highest BCUT2D eigenvalue weighted by atomic mass is 14.8. The Morgan fingerprint density at radius 2 is 2.00 bits per heavy atom. The molecule has 0 aliphatic carbocycles. The summed E-state index contributed by atoms with van der Waals surface area (Å²) in [4.78, 5) is 3.95. The van der Waals surface area contributed by atoms with Crippen LogP contribution in [0.3, 0.4) is 0 Å². The lowest BCUT2D eigenvalue weighted by atomic mass is 10.3. The number of hydrogen-bond donors (Lipinski definition) is 0. The van der Waals surface area contributed by atoms with Crippen LogP contribution in [0, 0.1) is 0 Å². The van der Waals surface area contributed by atoms with E-state index in [-0.39, 0.29) is 0 Å². The van der Waals surface area contributed by atoms with Gasteiger partial charge in [-0.3, -0.25) is 10.3 Å². The van der Waals surface area contributed by atoms with Gasteiger partial charge in [-0.15, -0.1) is 0 Å². The summed E-state index contributed by atoms with van der Waals surface area (Å²) >= 11 is 0. The lowest BCUT2D eigenvalue weighted by Crippen LogP contribution is -2.20. The fraction of sp³-hybridized carbons (Fsp3) is 0. The molecule has 1 aliphatic heterocycles. The van der Waals surface area contributed by atoms with Crippen LogP contribution in [-0.2, 0) is 0 Å². The molecule has 43 valence electrons. The van der Waals surface area contributed by atoms with Crippen LogP contribution in [0.5, 0.6) is 0 Å². The van der Waals surface area contributed by atoms with E-state index >= 15 is 0 Å². The average molecular weight is 117 g/mol. The maximum Gasteiger partial charge on any atom is 0.0362 e. The fourth-order valence-corrected chi connectivity index (χ4v) is 0.841. The molecule has 1 aromatic rings. The first-order valence-corrected chi connectivity index (χ1v) is 2.77. The summed E-state index contributed by atoms with van der Waals surface area (Å²) in [7, 11) is 0. The van der Waals surface area contributed by atoms with Gasteiger partial charge < -0.3 is 0 Å². The van der Waals surface area contributed by atoms with E-state index in [9.17, 15) is 0 Å². The van der Waals surface area contributed by atoms with Crippen molar-refractivity contribution in [2.75, 3.05) is 0 Å². The third-order valence-electron chi connectivity index (χ3n) is 1.31. The number of aromatic nitrogens is 1. The van der Waals surface area contributed by atoms with Gasteiger partial charge in [0.05, 0.1) is 0 Å². The first-order valence-electron chi connectivity index (χ1n) is 2.77. The van der Waals surface area contributed by atoms with Crippen molar-refractivity contribution in [3.8, 4) is 0 Å². The average Bonchev–Trinajstić information content (AvgIpc) is 2.33. The summed E-state index contributed by atoms with van der Waals surface area (Å²) < 4.78 is 0. The molecule has 0 saturated carbocycles. The molecule has 1 radical (unpaired) electrons. The Kier molecular flexibility index (Phi) is 0.803. The minimum atomic E-state index is 1.11. The van der Waals surface area contributed by atoms with Gasteiger partial charge in [0.15, 0.2) is 0 Å². The number of fused-ring (bicyclic) bond motifs is 1. The molecular weight excluding hydrogens is 112 g/mol. The molecule has 1 aromatic heterocycles. The molecule has 0 saturated heterocycles. The van der Waals surface area contributed by atoms with E-state index in [4.69, 9.17) is 0 Å². The van der Waals surface area contributed by atoms with E-state index in [1.54, 1.807) is 6.20 Å². The van der Waals surface area contributed by atoms with Crippen LogP contribution in [0.4, 0.5) is 0 Å². The van der Waals surface area contributed by atoms with Crippen LogP contribution in [0.15, 0.2) is 18.5 Å². The van der Waals surface area contributed by atoms with E-state index in [1.165, 1.54) is 0 Å². The molecule has 0 atom stereocenters. The zero-order chi connectivity index (χ0) is 6.10. The van der Waals surface area contributed by atoms with Crippen LogP contribution in [0.2, 0.25) is 0 Å². The van der Waals surface area contributed by atoms with E-state index in [2.05, 4.69) is 10.3 Å². The van der Waals surface area contributed by atoms with Gasteiger partial charge in [-0.25, -0.2) is 0 Å². The molecule has 0 unspecified atom stereocenters. The SMILES string of the molecule is C1=c2ccncc2=C[N]1. The van der Waals surface area contributed by atoms with Crippen molar-refractivity contribution in [1.29, 1.82) is 0 Å². The van der Waals surface area contributed by atoms with Gasteiger partial charge in [-0.05, 0) is 6.07 Å². The maximum absolute atomic E-state index is 3.96. The van der Waals surface area contributed by atoms with Gasteiger partial charge in [0.1, 0.15) is 0 Å². The maximum atomic E-state index is 3.96. The van der Waals surface area contributed by atoms with Crippen molar-refractivity contribution in [3.63, 3.8) is 0 Å². The molecule has 2 heterocycles. The predicted molar refractivity (Wildman–Crippen MR) is 34.6 cm³/mol. The van der Waals surface area contributed by atoms with Crippen LogP contribution < -0.4 is 15.8 Å². The summed E-state index contributed by atoms with van der Waals surface area (Å²) in [6.45, 7) is 0. The molecule has 9 heavy (non-hydrogen) atoms. The molecule has 2 rings (SSSR count). The Bertz CT molecular complexity index is 294. The molecule has 0 N–H and O–H groups in total. The van der Waals surface area contributed by atoms with Gasteiger partial charge in [0, 0.05) is 35.2 Å². The van der Waals surface area contributed by atoms with Crippen molar-refractivity contribution in [3.05, 3.63) is 28.9 Å². The Labute approximate surface area is 52.5 Å². The highest BCUT2D eigenvalue weighted by Crippen LogP contribution is 1.72. The van der Waals surface area contributed by atoms with Crippen molar-refractivity contribution in [2.24, 2.45) is 0 Å². The van der Waals surface area contributed by atoms with Crippen molar-refractivity contribution >= 4 is 12.4 Å². The van der Waals surface area contributed by atoms with Crippen molar-refractivity contribution in [1.82, 2.24) is 10.3 Å². The van der Waals surface area contributed by atoms with Crippen LogP contribution in [0.25, 0.3) is 12.4 Å². The molecule has 2 nitrogen and oxygen atoms in total. The molecule has 0 amide bonds. The molecule has 0 aromatic carbocycles. The quantitative estimate of drug-likeness (QED) is 0.436. The number of hydrogen-bond acceptors (Lipinski definition) is 1. The Morgan fingerprint density at radius 3 is 2.89 bits per heavy atom. The van der Waals surface area contributed by atoms with Gasteiger partial charge in [0.2, 0.25) is 0 Å². The second-order valence-electron chi connectivity index (χ2n) is 1.91. The fourth-order valence-electron chi connectivity index (χ4n) is 0.841. The first-order chi connectivity index (χ1) is 4.47. The van der Waals surface area contributed by atoms with Crippen LogP contribution in [-0.4, -0.2) is 4.98 Å². The monoisotopic (exact) mass is 117 g/mol. The van der Waals surface area contributed by atoms with Crippen molar-refractivity contribution < 1.29 is 0 Å². The third-order valence-corrected chi connectivity index (χ3v) is 1.31. The van der Waals surface area contributed by atoms with Crippen LogP contribution >= 0.6 is 0 Å². The molecule has 0 spiro atoms. The number of rotatable bonds is 0. The van der Waals surface area contributed by atoms with Gasteiger partial charge in [0.25, 0.3) is 0 Å². The minimum absolute atomic E-state index is 1.11. The van der Waals surface area contributed by atoms with Gasteiger partial charge in [-0.2, -0.15) is 0 Å². The van der Waals surface area contributed by atoms with Crippen molar-refractivity contribution in [2.45, 2.75) is 0 Å². The number of nitrogens with zero attached hydrogens (tertiary/aromatic N) is 2. The van der Waals surface area contributed by atoms with E-state index in [1.807, 2.05) is 24.7 Å². The largest absolute Gasteiger partial charge is 0.264 e. The standard InChI is InChI=1S/C7H5N2/c1-2-8-4-7-5-9-3-6(1)7/h1-5H. The first kappa shape index (κ1) is 4.56. The van der Waals surface area contributed by atoms with E-state index in [0.29, 0.717) is 0 Å². The molecule has 2 heteroatoms. The molecular formula is C7H5N2. The Morgan fingerprint density at radius 1 is 1.11 bits per heavy atom. The smallest absolute Gasteiger partial charge is 0.0362 e. The van der Waals surface area contributed by atoms with Gasteiger partial charge in [-0.1, -0.05) is 0 Å². The second kappa shape index (κ2) is 1.58. The third kappa shape index (κ3) is 0.598. The van der Waals surface area contributed by atoms with Gasteiger partial charge >= 0.3 is 0 Å². The number of pyridine rings is 1. The zero-order valence-electron chi connectivity index (χ0n) is 4.78. The molecule has 1 aliphatic rings. The summed E-state index contributed by atoms with van der Waals surface area (Å²) in [5.41, 5.74) is 0. The minimum Gasteiger partial charge on any atom is -0.264 e. The topological polar surface area (TPSA) is 27.0 Å². The Balaban J connectivity index is 2.97. The normalized spacial score (nSPS) is 12.9. The Hall–Kier alpha value is -1.31. The summed E-state index contributed by atoms with van der Waals surface area (Å²) in [6, 6.07) is 1.95. The summed E-state index contributed by atoms with van der Waals surface area (Å²) in [5, 5.41) is 6.23. The zero-order valence-corrected chi connectivity index (χ0v) is 4.78. The lowest BCUT2D eigenvalue weighted by molar-refractivity contribution is 1.28. The highest BCUT2D eigenvalue weighted by Gasteiger charge is 1.89. The van der Waals surface area contributed by atoms with E-state index < -0.39 is 0 Å². The van der Waals surface area contributed by atoms with Crippen LogP contribution in [0.1, 0.15) is 0 Å². The summed E-state index contributed by atoms with van der Waals surface area (Å²) in [5.74, 6) is 0.